The molecule has 0 aliphatic heterocycles. The summed E-state index contributed by atoms with van der Waals surface area (Å²) in [6, 6.07) is 1.44. The van der Waals surface area contributed by atoms with E-state index in [-0.39, 0.29) is 5.56 Å². The molecule has 0 saturated heterocycles. The van der Waals surface area contributed by atoms with Crippen molar-refractivity contribution in [1.29, 1.82) is 0 Å². The van der Waals surface area contributed by atoms with Gasteiger partial charge in [0.1, 0.15) is 11.3 Å². The summed E-state index contributed by atoms with van der Waals surface area (Å²) in [6.07, 6.45) is 0. The molecule has 0 heterocycles. The molecule has 0 amide bonds. The quantitative estimate of drug-likeness (QED) is 0.746. The fraction of sp³-hybridized carbons (Fsp3) is 0.364. The van der Waals surface area contributed by atoms with Crippen molar-refractivity contribution in [3.05, 3.63) is 22.8 Å². The van der Waals surface area contributed by atoms with Gasteiger partial charge >= 0.3 is 5.97 Å². The highest BCUT2D eigenvalue weighted by Gasteiger charge is 2.17. The number of ether oxygens (including phenoxy) is 1. The van der Waals surface area contributed by atoms with Crippen molar-refractivity contribution in [1.82, 2.24) is 0 Å². The van der Waals surface area contributed by atoms with Gasteiger partial charge in [-0.2, -0.15) is 0 Å². The van der Waals surface area contributed by atoms with Gasteiger partial charge in [0.25, 0.3) is 0 Å². The number of hydrogen-bond acceptors (Lipinski definition) is 3. The first kappa shape index (κ1) is 11.4. The van der Waals surface area contributed by atoms with Gasteiger partial charge in [-0.15, -0.1) is 0 Å². The smallest absolute Gasteiger partial charge is 0.339 e. The van der Waals surface area contributed by atoms with Crippen molar-refractivity contribution in [3.8, 4) is 5.75 Å². The monoisotopic (exact) mass is 209 g/mol. The highest BCUT2D eigenvalue weighted by Crippen LogP contribution is 2.30. The van der Waals surface area contributed by atoms with E-state index >= 15 is 0 Å². The third-order valence-corrected chi connectivity index (χ3v) is 2.40. The molecule has 0 bridgehead atoms. The Morgan fingerprint density at radius 3 is 2.53 bits per heavy atom. The van der Waals surface area contributed by atoms with Crippen LogP contribution in [0.3, 0.4) is 0 Å². The zero-order chi connectivity index (χ0) is 11.6. The van der Waals surface area contributed by atoms with Gasteiger partial charge in [-0.25, -0.2) is 4.79 Å². The minimum absolute atomic E-state index is 0.123. The Bertz CT molecular complexity index is 399. The molecule has 4 nitrogen and oxygen atoms in total. The third-order valence-electron chi connectivity index (χ3n) is 2.40. The Kier molecular flexibility index (Phi) is 3.19. The van der Waals surface area contributed by atoms with E-state index in [4.69, 9.17) is 15.6 Å². The summed E-state index contributed by atoms with van der Waals surface area (Å²) in [5.74, 6) is -0.607. The highest BCUT2D eigenvalue weighted by atomic mass is 16.5. The van der Waals surface area contributed by atoms with Crippen molar-refractivity contribution < 1.29 is 14.6 Å². The Hall–Kier alpha value is -1.71. The summed E-state index contributed by atoms with van der Waals surface area (Å²) >= 11 is 0. The van der Waals surface area contributed by atoms with Crippen LogP contribution in [0.15, 0.2) is 6.07 Å². The lowest BCUT2D eigenvalue weighted by Crippen LogP contribution is -2.07. The largest absolute Gasteiger partial charge is 0.493 e. The molecule has 15 heavy (non-hydrogen) atoms. The summed E-state index contributed by atoms with van der Waals surface area (Å²) in [5, 5.41) is 9.00. The number of carboxylic acid groups (broad SMARTS) is 1. The third kappa shape index (κ3) is 2.03. The first-order valence-electron chi connectivity index (χ1n) is 4.74. The van der Waals surface area contributed by atoms with E-state index in [1.807, 2.05) is 20.8 Å². The van der Waals surface area contributed by atoms with Gasteiger partial charge in [-0.05, 0) is 38.0 Å². The predicted molar refractivity (Wildman–Crippen MR) is 58.5 cm³/mol. The van der Waals surface area contributed by atoms with Crippen LogP contribution in [0, 0.1) is 13.8 Å². The second-order valence-electron chi connectivity index (χ2n) is 3.33. The first-order valence-corrected chi connectivity index (χ1v) is 4.74. The highest BCUT2D eigenvalue weighted by molar-refractivity contribution is 5.93. The normalized spacial score (nSPS) is 10.1. The maximum atomic E-state index is 11.0. The molecule has 4 heteroatoms. The van der Waals surface area contributed by atoms with Crippen molar-refractivity contribution in [2.45, 2.75) is 20.8 Å². The Labute approximate surface area is 88.7 Å². The lowest BCUT2D eigenvalue weighted by atomic mass is 10.0. The zero-order valence-corrected chi connectivity index (χ0v) is 9.13. The lowest BCUT2D eigenvalue weighted by Gasteiger charge is -2.14. The van der Waals surface area contributed by atoms with E-state index in [0.29, 0.717) is 18.0 Å². The van der Waals surface area contributed by atoms with Gasteiger partial charge in [-0.3, -0.25) is 0 Å². The molecular formula is C11H15NO3. The van der Waals surface area contributed by atoms with Crippen molar-refractivity contribution in [2.75, 3.05) is 12.3 Å². The molecule has 1 aromatic rings. The predicted octanol–water partition coefficient (Wildman–Crippen LogP) is 1.98. The van der Waals surface area contributed by atoms with Crippen molar-refractivity contribution >= 4 is 11.7 Å². The van der Waals surface area contributed by atoms with Gasteiger partial charge in [0.2, 0.25) is 0 Å². The molecule has 1 aromatic carbocycles. The van der Waals surface area contributed by atoms with Crippen LogP contribution in [0.5, 0.6) is 5.75 Å². The van der Waals surface area contributed by atoms with Crippen LogP contribution >= 0.6 is 0 Å². The molecule has 0 unspecified atom stereocenters. The van der Waals surface area contributed by atoms with Crippen molar-refractivity contribution in [3.63, 3.8) is 0 Å². The summed E-state index contributed by atoms with van der Waals surface area (Å²) in [4.78, 5) is 11.0. The topological polar surface area (TPSA) is 72.5 Å². The molecule has 0 spiro atoms. The molecule has 0 saturated carbocycles. The van der Waals surface area contributed by atoms with Crippen LogP contribution in [0.2, 0.25) is 0 Å². The van der Waals surface area contributed by atoms with Gasteiger partial charge in [0, 0.05) is 5.69 Å². The Balaban J connectivity index is 3.43. The summed E-state index contributed by atoms with van der Waals surface area (Å²) in [6.45, 7) is 5.91. The van der Waals surface area contributed by atoms with E-state index in [2.05, 4.69) is 0 Å². The maximum absolute atomic E-state index is 11.0. The first-order chi connectivity index (χ1) is 6.99. The standard InChI is InChI=1S/C11H15NO3/c1-4-15-10-7(3)6(2)9(12)5-8(10)11(13)14/h5H,4,12H2,1-3H3,(H,13,14). The number of benzene rings is 1. The minimum Gasteiger partial charge on any atom is -0.493 e. The Morgan fingerprint density at radius 1 is 1.47 bits per heavy atom. The second-order valence-corrected chi connectivity index (χ2v) is 3.33. The van der Waals surface area contributed by atoms with E-state index in [9.17, 15) is 4.79 Å². The number of hydrogen-bond donors (Lipinski definition) is 2. The number of aromatic carboxylic acids is 1. The number of nitrogen functional groups attached to an aromatic ring is 1. The minimum atomic E-state index is -1.02. The van der Waals surface area contributed by atoms with Crippen LogP contribution in [0.1, 0.15) is 28.4 Å². The van der Waals surface area contributed by atoms with Gasteiger partial charge in [-0.1, -0.05) is 0 Å². The van der Waals surface area contributed by atoms with Gasteiger partial charge in [0.05, 0.1) is 6.61 Å². The summed E-state index contributed by atoms with van der Waals surface area (Å²) in [7, 11) is 0. The molecule has 3 N–H and O–H groups in total. The second kappa shape index (κ2) is 4.21. The summed E-state index contributed by atoms with van der Waals surface area (Å²) < 4.78 is 5.33. The van der Waals surface area contributed by atoms with Crippen molar-refractivity contribution in [2.24, 2.45) is 0 Å². The number of carbonyl (C=O) groups is 1. The molecular weight excluding hydrogens is 194 g/mol. The van der Waals surface area contributed by atoms with Crippen LogP contribution in [0.25, 0.3) is 0 Å². The maximum Gasteiger partial charge on any atom is 0.339 e. The molecule has 0 aliphatic rings. The van der Waals surface area contributed by atoms with Crippen LogP contribution < -0.4 is 10.5 Å². The average Bonchev–Trinajstić information content (AvgIpc) is 2.18. The molecule has 1 rings (SSSR count). The SMILES string of the molecule is CCOc1c(C(=O)O)cc(N)c(C)c1C. The summed E-state index contributed by atoms with van der Waals surface area (Å²) in [5.41, 5.74) is 7.96. The molecule has 0 atom stereocenters. The van der Waals surface area contributed by atoms with Crippen LogP contribution in [-0.2, 0) is 0 Å². The fourth-order valence-corrected chi connectivity index (χ4v) is 1.41. The number of anilines is 1. The zero-order valence-electron chi connectivity index (χ0n) is 9.13. The molecule has 0 aromatic heterocycles. The van der Waals surface area contributed by atoms with E-state index in [1.165, 1.54) is 6.07 Å². The Morgan fingerprint density at radius 2 is 2.07 bits per heavy atom. The lowest BCUT2D eigenvalue weighted by molar-refractivity contribution is 0.0692. The fourth-order valence-electron chi connectivity index (χ4n) is 1.41. The van der Waals surface area contributed by atoms with Gasteiger partial charge < -0.3 is 15.6 Å². The van der Waals surface area contributed by atoms with Crippen LogP contribution in [0.4, 0.5) is 5.69 Å². The molecule has 0 aliphatic carbocycles. The number of carboxylic acids is 1. The number of nitrogens with two attached hydrogens (primary N) is 1. The molecule has 0 radical (unpaired) electrons. The van der Waals surface area contributed by atoms with Crippen LogP contribution in [-0.4, -0.2) is 17.7 Å². The van der Waals surface area contributed by atoms with E-state index < -0.39 is 5.97 Å². The average molecular weight is 209 g/mol. The van der Waals surface area contributed by atoms with E-state index in [1.54, 1.807) is 0 Å². The number of rotatable bonds is 3. The molecule has 82 valence electrons. The molecule has 0 fully saturated rings. The van der Waals surface area contributed by atoms with Gasteiger partial charge in [0.15, 0.2) is 0 Å². The van der Waals surface area contributed by atoms with E-state index in [0.717, 1.165) is 11.1 Å².